The number of ketones is 1. The molecule has 0 radical (unpaired) electrons. The Labute approximate surface area is 159 Å². The molecule has 3 atom stereocenters. The predicted octanol–water partition coefficient (Wildman–Crippen LogP) is 6.74. The summed E-state index contributed by atoms with van der Waals surface area (Å²) in [5.41, 5.74) is 3.67. The van der Waals surface area contributed by atoms with E-state index in [9.17, 15) is 9.18 Å². The lowest BCUT2D eigenvalue weighted by Crippen LogP contribution is -2.25. The summed E-state index contributed by atoms with van der Waals surface area (Å²) < 4.78 is 14.0. The van der Waals surface area contributed by atoms with Crippen LogP contribution in [0.15, 0.2) is 30.3 Å². The first-order valence-corrected chi connectivity index (χ1v) is 9.11. The van der Waals surface area contributed by atoms with Gasteiger partial charge < -0.3 is 0 Å². The van der Waals surface area contributed by atoms with Crippen LogP contribution >= 0.6 is 23.2 Å². The molecule has 4 heteroatoms. The van der Waals surface area contributed by atoms with Crippen molar-refractivity contribution >= 4 is 29.0 Å². The summed E-state index contributed by atoms with van der Waals surface area (Å²) in [5, 5.41) is 1.11. The van der Waals surface area contributed by atoms with Gasteiger partial charge in [-0.3, -0.25) is 4.79 Å². The first-order valence-electron chi connectivity index (χ1n) is 8.35. The van der Waals surface area contributed by atoms with E-state index in [0.717, 1.165) is 22.3 Å². The molecule has 2 aromatic rings. The fourth-order valence-electron chi connectivity index (χ4n) is 3.41. The summed E-state index contributed by atoms with van der Waals surface area (Å²) in [6.07, 6.45) is 0. The molecular formula is C21H23Cl2FO. The second kappa shape index (κ2) is 7.88. The Kier molecular flexibility index (Phi) is 6.29. The van der Waals surface area contributed by atoms with Crippen molar-refractivity contribution in [2.45, 2.75) is 40.5 Å². The van der Waals surface area contributed by atoms with Crippen LogP contribution in [-0.4, -0.2) is 5.78 Å². The Morgan fingerprint density at radius 3 is 2.24 bits per heavy atom. The highest BCUT2D eigenvalue weighted by molar-refractivity contribution is 6.35. The van der Waals surface area contributed by atoms with Gasteiger partial charge in [-0.05, 0) is 73.2 Å². The zero-order chi connectivity index (χ0) is 18.9. The molecule has 0 aliphatic carbocycles. The Balaban J connectivity index is 2.73. The number of benzene rings is 2. The van der Waals surface area contributed by atoms with Crippen LogP contribution < -0.4 is 0 Å². The second-order valence-corrected chi connectivity index (χ2v) is 7.70. The molecule has 0 fully saturated rings. The third kappa shape index (κ3) is 4.24. The van der Waals surface area contributed by atoms with Crippen molar-refractivity contribution in [1.29, 1.82) is 0 Å². The van der Waals surface area contributed by atoms with Gasteiger partial charge in [0.2, 0.25) is 0 Å². The van der Waals surface area contributed by atoms with Gasteiger partial charge in [-0.25, -0.2) is 4.39 Å². The average molecular weight is 381 g/mol. The molecule has 1 nitrogen and oxygen atoms in total. The lowest BCUT2D eigenvalue weighted by molar-refractivity contribution is -0.121. The molecule has 0 aliphatic heterocycles. The highest BCUT2D eigenvalue weighted by Gasteiger charge is 2.32. The van der Waals surface area contributed by atoms with Gasteiger partial charge in [0.25, 0.3) is 0 Å². The summed E-state index contributed by atoms with van der Waals surface area (Å²) in [7, 11) is 0. The van der Waals surface area contributed by atoms with Gasteiger partial charge in [-0.1, -0.05) is 43.1 Å². The minimum absolute atomic E-state index is 0.0459. The molecule has 134 valence electrons. The molecule has 0 amide bonds. The van der Waals surface area contributed by atoms with Crippen LogP contribution in [0, 0.1) is 31.5 Å². The molecule has 3 unspecified atom stereocenters. The summed E-state index contributed by atoms with van der Waals surface area (Å²) >= 11 is 12.7. The number of hydrogen-bond acceptors (Lipinski definition) is 1. The van der Waals surface area contributed by atoms with Crippen LogP contribution in [0.3, 0.4) is 0 Å². The van der Waals surface area contributed by atoms with Crippen molar-refractivity contribution in [2.75, 3.05) is 0 Å². The minimum atomic E-state index is -0.295. The molecule has 0 aromatic heterocycles. The van der Waals surface area contributed by atoms with E-state index >= 15 is 0 Å². The maximum absolute atomic E-state index is 14.0. The third-order valence-electron chi connectivity index (χ3n) is 5.14. The van der Waals surface area contributed by atoms with Crippen molar-refractivity contribution in [3.63, 3.8) is 0 Å². The molecule has 0 heterocycles. The van der Waals surface area contributed by atoms with Crippen LogP contribution in [0.2, 0.25) is 10.0 Å². The van der Waals surface area contributed by atoms with Crippen molar-refractivity contribution in [2.24, 2.45) is 11.8 Å². The van der Waals surface area contributed by atoms with E-state index in [4.69, 9.17) is 23.2 Å². The molecule has 25 heavy (non-hydrogen) atoms. The molecule has 0 spiro atoms. The van der Waals surface area contributed by atoms with Gasteiger partial charge in [-0.15, -0.1) is 0 Å². The van der Waals surface area contributed by atoms with Crippen LogP contribution in [-0.2, 0) is 4.79 Å². The molecule has 0 saturated heterocycles. The number of Topliss-reactive ketones (excluding diaryl/α,β-unsaturated/α-hetero) is 1. The van der Waals surface area contributed by atoms with Crippen LogP contribution in [0.25, 0.3) is 0 Å². The maximum atomic E-state index is 14.0. The van der Waals surface area contributed by atoms with E-state index in [-0.39, 0.29) is 29.4 Å². The summed E-state index contributed by atoms with van der Waals surface area (Å²) in [6, 6.07) is 8.33. The highest BCUT2D eigenvalue weighted by atomic mass is 35.5. The monoisotopic (exact) mass is 380 g/mol. The molecule has 0 N–H and O–H groups in total. The number of hydrogen-bond donors (Lipinski definition) is 0. The second-order valence-electron chi connectivity index (χ2n) is 6.86. The quantitative estimate of drug-likeness (QED) is 0.560. The third-order valence-corrected chi connectivity index (χ3v) is 5.68. The molecular weight excluding hydrogens is 358 g/mol. The molecule has 2 aromatic carbocycles. The van der Waals surface area contributed by atoms with Crippen LogP contribution in [0.1, 0.15) is 48.9 Å². The van der Waals surface area contributed by atoms with Gasteiger partial charge in [0.15, 0.2) is 0 Å². The van der Waals surface area contributed by atoms with Crippen LogP contribution in [0.4, 0.5) is 4.39 Å². The van der Waals surface area contributed by atoms with Gasteiger partial charge in [0.05, 0.1) is 0 Å². The molecule has 2 rings (SSSR count). The van der Waals surface area contributed by atoms with Crippen molar-refractivity contribution in [3.05, 3.63) is 68.4 Å². The number of rotatable bonds is 5. The Morgan fingerprint density at radius 1 is 1.04 bits per heavy atom. The first kappa shape index (κ1) is 19.9. The zero-order valence-corrected chi connectivity index (χ0v) is 16.7. The van der Waals surface area contributed by atoms with Crippen molar-refractivity contribution < 1.29 is 9.18 Å². The number of aryl methyl sites for hydroxylation is 2. The maximum Gasteiger partial charge on any atom is 0.132 e. The molecule has 0 bridgehead atoms. The average Bonchev–Trinajstić information content (AvgIpc) is 2.51. The Bertz CT molecular complexity index is 777. The normalized spacial score (nSPS) is 14.9. The fourth-order valence-corrected chi connectivity index (χ4v) is 4.13. The van der Waals surface area contributed by atoms with E-state index in [2.05, 4.69) is 0 Å². The SMILES string of the molecule is CC(=O)C(C)C(C)C(c1cc(F)ccc1C)c1c(C)cc(Cl)cc1Cl. The van der Waals surface area contributed by atoms with E-state index in [1.54, 1.807) is 25.1 Å². The first-order chi connectivity index (χ1) is 11.6. The topological polar surface area (TPSA) is 17.1 Å². The van der Waals surface area contributed by atoms with Crippen molar-refractivity contribution in [3.8, 4) is 0 Å². The molecule has 0 aliphatic rings. The van der Waals surface area contributed by atoms with Crippen molar-refractivity contribution in [1.82, 2.24) is 0 Å². The van der Waals surface area contributed by atoms with Gasteiger partial charge >= 0.3 is 0 Å². The Hall–Kier alpha value is -1.38. The zero-order valence-electron chi connectivity index (χ0n) is 15.2. The number of carbonyl (C=O) groups is 1. The lowest BCUT2D eigenvalue weighted by Gasteiger charge is -2.31. The van der Waals surface area contributed by atoms with Gasteiger partial charge in [0, 0.05) is 21.9 Å². The number of carbonyl (C=O) groups excluding carboxylic acids is 1. The summed E-state index contributed by atoms with van der Waals surface area (Å²) in [5.74, 6) is -0.612. The van der Waals surface area contributed by atoms with Gasteiger partial charge in [-0.2, -0.15) is 0 Å². The van der Waals surface area contributed by atoms with E-state index < -0.39 is 0 Å². The van der Waals surface area contributed by atoms with E-state index in [1.165, 1.54) is 6.07 Å². The summed E-state index contributed by atoms with van der Waals surface area (Å²) in [6.45, 7) is 9.41. The molecule has 0 saturated carbocycles. The smallest absolute Gasteiger partial charge is 0.132 e. The van der Waals surface area contributed by atoms with E-state index in [1.807, 2.05) is 33.8 Å². The minimum Gasteiger partial charge on any atom is -0.300 e. The van der Waals surface area contributed by atoms with Gasteiger partial charge in [0.1, 0.15) is 11.6 Å². The van der Waals surface area contributed by atoms with E-state index in [0.29, 0.717) is 10.0 Å². The number of halogens is 3. The largest absolute Gasteiger partial charge is 0.300 e. The lowest BCUT2D eigenvalue weighted by atomic mass is 9.72. The standard InChI is InChI=1S/C21H23Cl2FO/c1-11-6-7-17(24)10-18(11)21(14(4)13(3)15(5)25)20-12(2)8-16(22)9-19(20)23/h6-10,13-14,21H,1-5H3. The summed E-state index contributed by atoms with van der Waals surface area (Å²) in [4.78, 5) is 12.0. The fraction of sp³-hybridized carbons (Fsp3) is 0.381. The predicted molar refractivity (Wildman–Crippen MR) is 103 cm³/mol. The Morgan fingerprint density at radius 2 is 1.68 bits per heavy atom. The highest BCUT2D eigenvalue weighted by Crippen LogP contribution is 2.43. The van der Waals surface area contributed by atoms with Crippen LogP contribution in [0.5, 0.6) is 0 Å².